The molecule has 0 aliphatic carbocycles. The first-order valence-electron chi connectivity index (χ1n) is 7.34. The third-order valence-corrected chi connectivity index (χ3v) is 3.93. The number of rotatable bonds is 3. The van der Waals surface area contributed by atoms with Crippen LogP contribution in [0, 0.1) is 5.82 Å². The van der Waals surface area contributed by atoms with E-state index >= 15 is 0 Å². The molecule has 1 fully saturated rings. The van der Waals surface area contributed by atoms with Gasteiger partial charge in [-0.05, 0) is 12.1 Å². The van der Waals surface area contributed by atoms with Crippen LogP contribution in [0.3, 0.4) is 0 Å². The molecule has 0 bridgehead atoms. The van der Waals surface area contributed by atoms with E-state index in [2.05, 4.69) is 5.32 Å². The van der Waals surface area contributed by atoms with Gasteiger partial charge in [0.25, 0.3) is 0 Å². The van der Waals surface area contributed by atoms with Crippen molar-refractivity contribution in [3.05, 3.63) is 42.2 Å². The number of hydrogen-bond donors (Lipinski definition) is 1. The van der Waals surface area contributed by atoms with E-state index in [4.69, 9.17) is 4.74 Å². The number of carbonyl (C=O) groups excluding carboxylic acids is 1. The quantitative estimate of drug-likeness (QED) is 0.865. The molecular formula is C16H20ClFN2O2. The fraction of sp³-hybridized carbons (Fsp3) is 0.438. The molecule has 3 rings (SSSR count). The molecule has 1 saturated heterocycles. The standard InChI is InChI=1S/C16H19FN2O2.ClH/c17-13-4-1-2-6-15(13)21-12-7-10-19(11-8-12)16(20)14-5-3-9-18-14;/h1-6,12,14,18H,7-11H2;1H. The molecule has 0 spiro atoms. The van der Waals surface area contributed by atoms with Gasteiger partial charge in [-0.1, -0.05) is 24.3 Å². The van der Waals surface area contributed by atoms with Crippen LogP contribution >= 0.6 is 12.4 Å². The molecule has 0 saturated carbocycles. The Bertz CT molecular complexity index is 545. The molecule has 2 heterocycles. The van der Waals surface area contributed by atoms with Crippen LogP contribution < -0.4 is 10.1 Å². The van der Waals surface area contributed by atoms with E-state index in [9.17, 15) is 9.18 Å². The summed E-state index contributed by atoms with van der Waals surface area (Å²) in [4.78, 5) is 14.1. The minimum atomic E-state index is -0.337. The third-order valence-electron chi connectivity index (χ3n) is 3.93. The van der Waals surface area contributed by atoms with Crippen LogP contribution in [0.25, 0.3) is 0 Å². The maximum absolute atomic E-state index is 13.5. The van der Waals surface area contributed by atoms with Crippen molar-refractivity contribution in [2.75, 3.05) is 19.6 Å². The van der Waals surface area contributed by atoms with Gasteiger partial charge >= 0.3 is 0 Å². The summed E-state index contributed by atoms with van der Waals surface area (Å²) < 4.78 is 19.2. The van der Waals surface area contributed by atoms with Crippen molar-refractivity contribution in [3.63, 3.8) is 0 Å². The second-order valence-corrected chi connectivity index (χ2v) is 5.39. The molecule has 2 aliphatic heterocycles. The Morgan fingerprint density at radius 2 is 2.00 bits per heavy atom. The van der Waals surface area contributed by atoms with E-state index in [1.165, 1.54) is 6.07 Å². The van der Waals surface area contributed by atoms with Crippen LogP contribution in [0.5, 0.6) is 5.75 Å². The summed E-state index contributed by atoms with van der Waals surface area (Å²) in [7, 11) is 0. The molecule has 6 heteroatoms. The Kier molecular flexibility index (Phi) is 5.80. The first-order valence-corrected chi connectivity index (χ1v) is 7.34. The normalized spacial score (nSPS) is 21.5. The molecule has 1 atom stereocenters. The number of piperidine rings is 1. The van der Waals surface area contributed by atoms with Crippen LogP contribution in [-0.2, 0) is 4.79 Å². The summed E-state index contributed by atoms with van der Waals surface area (Å²) in [6.45, 7) is 2.07. The van der Waals surface area contributed by atoms with Crippen LogP contribution in [0.1, 0.15) is 12.8 Å². The van der Waals surface area contributed by atoms with Crippen molar-refractivity contribution >= 4 is 18.3 Å². The molecule has 1 N–H and O–H groups in total. The maximum atomic E-state index is 13.5. The van der Waals surface area contributed by atoms with Gasteiger partial charge < -0.3 is 9.64 Å². The predicted molar refractivity (Wildman–Crippen MR) is 84.8 cm³/mol. The molecule has 1 unspecified atom stereocenters. The van der Waals surface area contributed by atoms with E-state index in [1.54, 1.807) is 18.2 Å². The first kappa shape index (κ1) is 16.8. The molecular weight excluding hydrogens is 307 g/mol. The van der Waals surface area contributed by atoms with Crippen LogP contribution in [0.4, 0.5) is 4.39 Å². The van der Waals surface area contributed by atoms with Gasteiger partial charge in [0.2, 0.25) is 5.91 Å². The van der Waals surface area contributed by atoms with Gasteiger partial charge in [0, 0.05) is 32.5 Å². The predicted octanol–water partition coefficient (Wildman–Crippen LogP) is 2.15. The van der Waals surface area contributed by atoms with Gasteiger partial charge in [-0.25, -0.2) is 4.39 Å². The average Bonchev–Trinajstić information content (AvgIpc) is 3.04. The Morgan fingerprint density at radius 1 is 1.27 bits per heavy atom. The lowest BCUT2D eigenvalue weighted by molar-refractivity contribution is -0.133. The van der Waals surface area contributed by atoms with Crippen LogP contribution in [0.2, 0.25) is 0 Å². The number of para-hydroxylation sites is 1. The lowest BCUT2D eigenvalue weighted by Gasteiger charge is -2.33. The Hall–Kier alpha value is -1.59. The zero-order valence-corrected chi connectivity index (χ0v) is 13.0. The Morgan fingerprint density at radius 3 is 2.64 bits per heavy atom. The summed E-state index contributed by atoms with van der Waals surface area (Å²) in [6, 6.07) is 6.25. The monoisotopic (exact) mass is 326 g/mol. The number of ether oxygens (including phenoxy) is 1. The lowest BCUT2D eigenvalue weighted by atomic mass is 10.1. The highest BCUT2D eigenvalue weighted by molar-refractivity contribution is 5.85. The van der Waals surface area contributed by atoms with E-state index in [-0.39, 0.29) is 36.3 Å². The number of hydrogen-bond acceptors (Lipinski definition) is 3. The molecule has 4 nitrogen and oxygen atoms in total. The highest BCUT2D eigenvalue weighted by Gasteiger charge is 2.28. The highest BCUT2D eigenvalue weighted by Crippen LogP contribution is 2.22. The van der Waals surface area contributed by atoms with Crippen molar-refractivity contribution in [1.82, 2.24) is 10.2 Å². The van der Waals surface area contributed by atoms with E-state index < -0.39 is 0 Å². The fourth-order valence-corrected chi connectivity index (χ4v) is 2.75. The second kappa shape index (κ2) is 7.61. The van der Waals surface area contributed by atoms with Crippen molar-refractivity contribution in [1.29, 1.82) is 0 Å². The molecule has 120 valence electrons. The highest BCUT2D eigenvalue weighted by atomic mass is 35.5. The van der Waals surface area contributed by atoms with Crippen molar-refractivity contribution in [2.24, 2.45) is 0 Å². The number of nitrogens with zero attached hydrogens (tertiary/aromatic N) is 1. The number of carbonyl (C=O) groups is 1. The average molecular weight is 327 g/mol. The molecule has 0 aromatic heterocycles. The summed E-state index contributed by atoms with van der Waals surface area (Å²) >= 11 is 0. The van der Waals surface area contributed by atoms with Crippen molar-refractivity contribution < 1.29 is 13.9 Å². The SMILES string of the molecule is Cl.O=C(C1C=CCN1)N1CCC(Oc2ccccc2F)CC1. The molecule has 22 heavy (non-hydrogen) atoms. The lowest BCUT2D eigenvalue weighted by Crippen LogP contribution is -2.48. The molecule has 2 aliphatic rings. The smallest absolute Gasteiger partial charge is 0.243 e. The van der Waals surface area contributed by atoms with E-state index in [0.717, 1.165) is 19.4 Å². The van der Waals surface area contributed by atoms with Gasteiger partial charge in [-0.15, -0.1) is 12.4 Å². The first-order chi connectivity index (χ1) is 10.2. The topological polar surface area (TPSA) is 41.6 Å². The van der Waals surface area contributed by atoms with Crippen molar-refractivity contribution in [2.45, 2.75) is 25.0 Å². The second-order valence-electron chi connectivity index (χ2n) is 5.39. The molecule has 1 aromatic carbocycles. The summed E-state index contributed by atoms with van der Waals surface area (Å²) in [5.41, 5.74) is 0. The van der Waals surface area contributed by atoms with Gasteiger partial charge in [-0.3, -0.25) is 10.1 Å². The van der Waals surface area contributed by atoms with Gasteiger partial charge in [0.1, 0.15) is 12.1 Å². The number of benzene rings is 1. The summed E-state index contributed by atoms with van der Waals surface area (Å²) in [6.07, 6.45) is 5.31. The molecule has 0 radical (unpaired) electrons. The number of likely N-dealkylation sites (tertiary alicyclic amines) is 1. The zero-order valence-electron chi connectivity index (χ0n) is 12.2. The largest absolute Gasteiger partial charge is 0.487 e. The Labute approximate surface area is 135 Å². The zero-order chi connectivity index (χ0) is 14.7. The minimum absolute atomic E-state index is 0. The Balaban J connectivity index is 0.00000176. The van der Waals surface area contributed by atoms with Gasteiger partial charge in [0.05, 0.1) is 0 Å². The molecule has 1 amide bonds. The number of halogens is 2. The fourth-order valence-electron chi connectivity index (χ4n) is 2.75. The summed E-state index contributed by atoms with van der Waals surface area (Å²) in [5.74, 6) is 0.0760. The number of nitrogens with one attached hydrogen (secondary N) is 1. The summed E-state index contributed by atoms with van der Waals surface area (Å²) in [5, 5.41) is 3.13. The van der Waals surface area contributed by atoms with E-state index in [1.807, 2.05) is 17.1 Å². The van der Waals surface area contributed by atoms with Gasteiger partial charge in [-0.2, -0.15) is 0 Å². The minimum Gasteiger partial charge on any atom is -0.487 e. The van der Waals surface area contributed by atoms with E-state index in [0.29, 0.717) is 18.8 Å². The van der Waals surface area contributed by atoms with Gasteiger partial charge in [0.15, 0.2) is 11.6 Å². The van der Waals surface area contributed by atoms with Crippen molar-refractivity contribution in [3.8, 4) is 5.75 Å². The number of amides is 1. The third kappa shape index (κ3) is 3.78. The maximum Gasteiger partial charge on any atom is 0.243 e. The van der Waals surface area contributed by atoms with Crippen LogP contribution in [0.15, 0.2) is 36.4 Å². The van der Waals surface area contributed by atoms with Crippen LogP contribution in [-0.4, -0.2) is 42.6 Å². The molecule has 1 aromatic rings.